The van der Waals surface area contributed by atoms with Gasteiger partial charge in [-0.3, -0.25) is 9.89 Å². The summed E-state index contributed by atoms with van der Waals surface area (Å²) in [6.07, 6.45) is 6.91. The van der Waals surface area contributed by atoms with Crippen molar-refractivity contribution in [1.82, 2.24) is 15.5 Å². The molecule has 4 unspecified atom stereocenters. The summed E-state index contributed by atoms with van der Waals surface area (Å²) in [5.41, 5.74) is 1.39. The maximum Gasteiger partial charge on any atom is 0.191 e. The molecule has 1 aromatic carbocycles. The molecular formula is C22H35IN4O. The second-order valence-corrected chi connectivity index (χ2v) is 8.46. The lowest BCUT2D eigenvalue weighted by Gasteiger charge is -2.37. The van der Waals surface area contributed by atoms with Crippen molar-refractivity contribution in [2.45, 2.75) is 63.3 Å². The van der Waals surface area contributed by atoms with Crippen molar-refractivity contribution < 1.29 is 4.74 Å². The highest BCUT2D eigenvalue weighted by molar-refractivity contribution is 14.0. The fourth-order valence-corrected chi connectivity index (χ4v) is 4.83. The first-order valence-electron chi connectivity index (χ1n) is 10.6. The van der Waals surface area contributed by atoms with Gasteiger partial charge in [0.25, 0.3) is 0 Å². The number of halogens is 1. The molecule has 0 spiro atoms. The number of hydrogen-bond acceptors (Lipinski definition) is 3. The van der Waals surface area contributed by atoms with Gasteiger partial charge in [-0.25, -0.2) is 0 Å². The minimum Gasteiger partial charge on any atom is -0.373 e. The van der Waals surface area contributed by atoms with E-state index in [1.165, 1.54) is 44.3 Å². The summed E-state index contributed by atoms with van der Waals surface area (Å²) < 4.78 is 5.98. The van der Waals surface area contributed by atoms with E-state index in [0.29, 0.717) is 24.3 Å². The molecule has 3 aliphatic rings. The topological polar surface area (TPSA) is 48.9 Å². The minimum atomic E-state index is 0. The number of guanidine groups is 1. The van der Waals surface area contributed by atoms with E-state index >= 15 is 0 Å². The third-order valence-electron chi connectivity index (χ3n) is 6.56. The predicted octanol–water partition coefficient (Wildman–Crippen LogP) is 3.56. The highest BCUT2D eigenvalue weighted by Crippen LogP contribution is 2.34. The smallest absolute Gasteiger partial charge is 0.191 e. The van der Waals surface area contributed by atoms with Crippen LogP contribution in [-0.4, -0.2) is 55.8 Å². The molecule has 1 aromatic rings. The maximum absolute atomic E-state index is 5.98. The molecule has 3 aliphatic heterocycles. The molecule has 4 rings (SSSR count). The molecule has 0 amide bonds. The van der Waals surface area contributed by atoms with Crippen molar-refractivity contribution in [2.75, 3.05) is 26.7 Å². The standard InChI is InChI=1S/C22H34N4O.HI/c1-16-10-12-26(13-11-16)20(17-6-4-3-5-7-17)15-24-22(23-2)25-19-14-18-8-9-21(19)27-18;/h3-7,16,18-21H,8-15H2,1-2H3,(H2,23,24,25);1H. The van der Waals surface area contributed by atoms with Crippen molar-refractivity contribution in [2.24, 2.45) is 10.9 Å². The number of nitrogens with one attached hydrogen (secondary N) is 2. The number of fused-ring (bicyclic) bond motifs is 2. The molecule has 3 heterocycles. The minimum absolute atomic E-state index is 0. The molecule has 5 nitrogen and oxygen atoms in total. The van der Waals surface area contributed by atoms with Crippen molar-refractivity contribution in [1.29, 1.82) is 0 Å². The summed E-state index contributed by atoms with van der Waals surface area (Å²) in [5, 5.41) is 7.21. The fourth-order valence-electron chi connectivity index (χ4n) is 4.83. The summed E-state index contributed by atoms with van der Waals surface area (Å²) in [4.78, 5) is 7.11. The Morgan fingerprint density at radius 3 is 2.54 bits per heavy atom. The summed E-state index contributed by atoms with van der Waals surface area (Å²) in [5.74, 6) is 1.75. The number of ether oxygens (including phenoxy) is 1. The Morgan fingerprint density at radius 1 is 1.18 bits per heavy atom. The molecule has 0 saturated carbocycles. The van der Waals surface area contributed by atoms with Crippen molar-refractivity contribution >= 4 is 29.9 Å². The second-order valence-electron chi connectivity index (χ2n) is 8.46. The van der Waals surface area contributed by atoms with Gasteiger partial charge in [0, 0.05) is 13.6 Å². The number of rotatable bonds is 5. The van der Waals surface area contributed by atoms with Crippen LogP contribution in [0.5, 0.6) is 0 Å². The van der Waals surface area contributed by atoms with E-state index in [1.54, 1.807) is 0 Å². The zero-order chi connectivity index (χ0) is 18.6. The lowest BCUT2D eigenvalue weighted by molar-refractivity contribution is 0.0991. The fraction of sp³-hybridized carbons (Fsp3) is 0.682. The van der Waals surface area contributed by atoms with E-state index in [2.05, 4.69) is 57.8 Å². The van der Waals surface area contributed by atoms with Crippen LogP contribution in [0.2, 0.25) is 0 Å². The van der Waals surface area contributed by atoms with Crippen LogP contribution in [0.4, 0.5) is 0 Å². The zero-order valence-corrected chi connectivity index (χ0v) is 19.5. The van der Waals surface area contributed by atoms with Crippen LogP contribution >= 0.6 is 24.0 Å². The number of piperidine rings is 1. The Balaban J connectivity index is 0.00000225. The van der Waals surface area contributed by atoms with Crippen LogP contribution < -0.4 is 10.6 Å². The molecule has 0 aliphatic carbocycles. The Labute approximate surface area is 186 Å². The first-order valence-corrected chi connectivity index (χ1v) is 10.6. The molecule has 28 heavy (non-hydrogen) atoms. The average molecular weight is 498 g/mol. The molecule has 2 N–H and O–H groups in total. The van der Waals surface area contributed by atoms with Gasteiger partial charge in [0.15, 0.2) is 5.96 Å². The van der Waals surface area contributed by atoms with Gasteiger partial charge in [-0.15, -0.1) is 24.0 Å². The number of likely N-dealkylation sites (tertiary alicyclic amines) is 1. The normalized spacial score (nSPS) is 29.4. The molecule has 0 aromatic heterocycles. The largest absolute Gasteiger partial charge is 0.373 e. The first kappa shape index (κ1) is 21.8. The molecule has 2 bridgehead atoms. The quantitative estimate of drug-likeness (QED) is 0.371. The number of hydrogen-bond donors (Lipinski definition) is 2. The SMILES string of the molecule is CN=C(NCC(c1ccccc1)N1CCC(C)CC1)NC1CC2CCC1O2.I. The third kappa shape index (κ3) is 5.19. The van der Waals surface area contributed by atoms with Gasteiger partial charge in [0.2, 0.25) is 0 Å². The van der Waals surface area contributed by atoms with E-state index < -0.39 is 0 Å². The number of nitrogens with zero attached hydrogens (tertiary/aromatic N) is 2. The van der Waals surface area contributed by atoms with Crippen LogP contribution in [0.3, 0.4) is 0 Å². The summed E-state index contributed by atoms with van der Waals surface area (Å²) in [6.45, 7) is 5.60. The van der Waals surface area contributed by atoms with E-state index in [9.17, 15) is 0 Å². The average Bonchev–Trinajstić information content (AvgIpc) is 3.32. The Bertz CT molecular complexity index is 633. The Kier molecular flexibility index (Phi) is 8.00. The summed E-state index contributed by atoms with van der Waals surface area (Å²) >= 11 is 0. The van der Waals surface area contributed by atoms with Gasteiger partial charge in [-0.05, 0) is 56.7 Å². The zero-order valence-electron chi connectivity index (χ0n) is 17.1. The molecule has 0 radical (unpaired) electrons. The number of aliphatic imine (C=N–C) groups is 1. The van der Waals surface area contributed by atoms with Gasteiger partial charge in [0.05, 0.1) is 24.3 Å². The van der Waals surface area contributed by atoms with Crippen molar-refractivity contribution in [3.05, 3.63) is 35.9 Å². The molecule has 156 valence electrons. The monoisotopic (exact) mass is 498 g/mol. The van der Waals surface area contributed by atoms with E-state index in [4.69, 9.17) is 4.74 Å². The lowest BCUT2D eigenvalue weighted by atomic mass is 9.95. The van der Waals surface area contributed by atoms with Gasteiger partial charge in [-0.1, -0.05) is 37.3 Å². The molecular weight excluding hydrogens is 463 g/mol. The van der Waals surface area contributed by atoms with Crippen LogP contribution in [0.1, 0.15) is 50.6 Å². The molecule has 4 atom stereocenters. The lowest BCUT2D eigenvalue weighted by Crippen LogP contribution is -2.50. The van der Waals surface area contributed by atoms with Gasteiger partial charge in [-0.2, -0.15) is 0 Å². The summed E-state index contributed by atoms with van der Waals surface area (Å²) in [6, 6.07) is 11.7. The highest BCUT2D eigenvalue weighted by atomic mass is 127. The molecule has 6 heteroatoms. The van der Waals surface area contributed by atoms with Crippen LogP contribution in [0.25, 0.3) is 0 Å². The van der Waals surface area contributed by atoms with E-state index in [0.717, 1.165) is 24.8 Å². The number of benzene rings is 1. The van der Waals surface area contributed by atoms with Crippen molar-refractivity contribution in [3.8, 4) is 0 Å². The summed E-state index contributed by atoms with van der Waals surface area (Å²) in [7, 11) is 1.86. The van der Waals surface area contributed by atoms with Crippen molar-refractivity contribution in [3.63, 3.8) is 0 Å². The van der Waals surface area contributed by atoms with Gasteiger partial charge < -0.3 is 15.4 Å². The Morgan fingerprint density at radius 2 is 1.93 bits per heavy atom. The van der Waals surface area contributed by atoms with E-state index in [1.807, 2.05) is 7.05 Å². The molecule has 3 saturated heterocycles. The Hall–Kier alpha value is -0.860. The van der Waals surface area contributed by atoms with Gasteiger partial charge >= 0.3 is 0 Å². The maximum atomic E-state index is 5.98. The second kappa shape index (κ2) is 10.3. The van der Waals surface area contributed by atoms with Crippen LogP contribution in [-0.2, 0) is 4.74 Å². The predicted molar refractivity (Wildman–Crippen MR) is 125 cm³/mol. The highest BCUT2D eigenvalue weighted by Gasteiger charge is 2.41. The van der Waals surface area contributed by atoms with Crippen LogP contribution in [0.15, 0.2) is 35.3 Å². The molecule has 3 fully saturated rings. The third-order valence-corrected chi connectivity index (χ3v) is 6.56. The van der Waals surface area contributed by atoms with Gasteiger partial charge in [0.1, 0.15) is 0 Å². The first-order chi connectivity index (χ1) is 13.2. The van der Waals surface area contributed by atoms with E-state index in [-0.39, 0.29) is 24.0 Å². The van der Waals surface area contributed by atoms with Crippen LogP contribution in [0, 0.1) is 5.92 Å².